The van der Waals surface area contributed by atoms with Gasteiger partial charge in [0.05, 0.1) is 10.4 Å². The Balaban J connectivity index is 3.11. The van der Waals surface area contributed by atoms with Crippen LogP contribution in [0.15, 0.2) is 29.4 Å². The Morgan fingerprint density at radius 2 is 1.95 bits per heavy atom. The molecule has 1 aromatic rings. The third-order valence-electron chi connectivity index (χ3n) is 2.31. The average molecular weight is 283 g/mol. The number of hydrazone groups is 1. The van der Waals surface area contributed by atoms with Crippen molar-refractivity contribution in [1.82, 2.24) is 0 Å². The Morgan fingerprint density at radius 1 is 1.37 bits per heavy atom. The second-order valence-corrected chi connectivity index (χ2v) is 7.35. The van der Waals surface area contributed by atoms with Crippen molar-refractivity contribution in [2.24, 2.45) is 5.10 Å². The molecule has 0 unspecified atom stereocenters. The monoisotopic (exact) mass is 283 g/mol. The summed E-state index contributed by atoms with van der Waals surface area (Å²) in [6, 6.07) is 7.15. The highest BCUT2D eigenvalue weighted by Gasteiger charge is 2.34. The zero-order chi connectivity index (χ0) is 14.7. The molecule has 0 amide bonds. The van der Waals surface area contributed by atoms with Crippen LogP contribution in [-0.2, 0) is 9.84 Å². The van der Waals surface area contributed by atoms with E-state index in [2.05, 4.69) is 10.5 Å². The summed E-state index contributed by atoms with van der Waals surface area (Å²) >= 11 is 0. The molecule has 0 aliphatic heterocycles. The number of nitrogens with one attached hydrogen (secondary N) is 1. The first-order chi connectivity index (χ1) is 8.70. The molecule has 0 saturated carbocycles. The van der Waals surface area contributed by atoms with E-state index in [1.807, 2.05) is 0 Å². The lowest BCUT2D eigenvalue weighted by Crippen LogP contribution is -2.34. The quantitative estimate of drug-likeness (QED) is 0.513. The third-order valence-corrected chi connectivity index (χ3v) is 4.61. The van der Waals surface area contributed by atoms with E-state index >= 15 is 0 Å². The first-order valence-electron chi connectivity index (χ1n) is 5.43. The number of anilines is 1. The van der Waals surface area contributed by atoms with Crippen LogP contribution >= 0.6 is 0 Å². The van der Waals surface area contributed by atoms with Crippen molar-refractivity contribution in [3.63, 3.8) is 0 Å². The first kappa shape index (κ1) is 15.1. The van der Waals surface area contributed by atoms with Gasteiger partial charge in [-0.1, -0.05) is 12.1 Å². The highest BCUT2D eigenvalue weighted by molar-refractivity contribution is 8.08. The molecule has 1 N–H and O–H groups in total. The fraction of sp³-hybridized carbons (Fsp3) is 0.333. The van der Waals surface area contributed by atoms with E-state index in [9.17, 15) is 12.8 Å². The summed E-state index contributed by atoms with van der Waals surface area (Å²) in [5.74, 6) is -0.586. The Kier molecular flexibility index (Phi) is 4.27. The maximum atomic E-state index is 13.3. The lowest BCUT2D eigenvalue weighted by atomic mass is 10.3. The molecule has 0 aliphatic carbocycles. The molecule has 0 aliphatic rings. The van der Waals surface area contributed by atoms with E-state index < -0.39 is 25.4 Å². The fourth-order valence-electron chi connectivity index (χ4n) is 1.10. The Morgan fingerprint density at radius 3 is 2.42 bits per heavy atom. The van der Waals surface area contributed by atoms with Crippen LogP contribution < -0.4 is 5.43 Å². The third kappa shape index (κ3) is 3.29. The molecule has 0 heterocycles. The van der Waals surface area contributed by atoms with Gasteiger partial charge >= 0.3 is 0 Å². The zero-order valence-corrected chi connectivity index (χ0v) is 11.6. The van der Waals surface area contributed by atoms with Gasteiger partial charge in [-0.2, -0.15) is 10.4 Å². The molecule has 0 saturated heterocycles. The molecule has 0 radical (unpaired) electrons. The van der Waals surface area contributed by atoms with Gasteiger partial charge in [-0.05, 0) is 32.9 Å². The molecule has 1 rings (SSSR count). The van der Waals surface area contributed by atoms with Crippen LogP contribution in [-0.4, -0.2) is 18.2 Å². The SMILES string of the molecule is CC(C)(C)S(=O)(=O)/C(C#N)=N/Nc1ccccc1F. The second kappa shape index (κ2) is 5.36. The van der Waals surface area contributed by atoms with E-state index in [0.717, 1.165) is 0 Å². The molecular formula is C12H14FN3O2S. The first-order valence-corrected chi connectivity index (χ1v) is 6.91. The van der Waals surface area contributed by atoms with Crippen LogP contribution in [0, 0.1) is 17.1 Å². The van der Waals surface area contributed by atoms with Gasteiger partial charge in [0, 0.05) is 0 Å². The molecule has 0 aromatic heterocycles. The van der Waals surface area contributed by atoms with E-state index in [4.69, 9.17) is 5.26 Å². The summed E-state index contributed by atoms with van der Waals surface area (Å²) in [4.78, 5) is 0. The minimum Gasteiger partial charge on any atom is -0.274 e. The summed E-state index contributed by atoms with van der Waals surface area (Å²) in [7, 11) is -3.87. The van der Waals surface area contributed by atoms with Crippen LogP contribution in [0.1, 0.15) is 20.8 Å². The van der Waals surface area contributed by atoms with Crippen molar-refractivity contribution in [1.29, 1.82) is 5.26 Å². The van der Waals surface area contributed by atoms with Crippen LogP contribution in [0.2, 0.25) is 0 Å². The largest absolute Gasteiger partial charge is 0.274 e. The molecule has 19 heavy (non-hydrogen) atoms. The molecule has 0 spiro atoms. The van der Waals surface area contributed by atoms with Crippen LogP contribution in [0.4, 0.5) is 10.1 Å². The number of nitrogens with zero attached hydrogens (tertiary/aromatic N) is 2. The lowest BCUT2D eigenvalue weighted by molar-refractivity contribution is 0.573. The summed E-state index contributed by atoms with van der Waals surface area (Å²) < 4.78 is 36.2. The number of rotatable bonds is 2. The number of halogens is 1. The standard InChI is InChI=1S/C12H14FN3O2S/c1-12(2,3)19(17,18)11(8-14)16-15-10-7-5-4-6-9(10)13/h4-7,15H,1-3H3/b16-11+. The summed E-state index contributed by atoms with van der Waals surface area (Å²) in [5, 5.41) is 11.7. The van der Waals surface area contributed by atoms with Gasteiger partial charge in [0.25, 0.3) is 5.04 Å². The van der Waals surface area contributed by atoms with E-state index in [-0.39, 0.29) is 5.69 Å². The predicted octanol–water partition coefficient (Wildman–Crippen LogP) is 2.29. The average Bonchev–Trinajstić information content (AvgIpc) is 2.30. The molecule has 1 aromatic carbocycles. The van der Waals surface area contributed by atoms with Crippen molar-refractivity contribution in [3.05, 3.63) is 30.1 Å². The highest BCUT2D eigenvalue weighted by Crippen LogP contribution is 2.18. The molecule has 0 bridgehead atoms. The molecule has 0 atom stereocenters. The minimum absolute atomic E-state index is 0.000593. The van der Waals surface area contributed by atoms with Gasteiger partial charge in [0.15, 0.2) is 0 Å². The second-order valence-electron chi connectivity index (χ2n) is 4.74. The number of hydrogen-bond acceptors (Lipinski definition) is 5. The maximum Gasteiger partial charge on any atom is 0.252 e. The van der Waals surface area contributed by atoms with Gasteiger partial charge < -0.3 is 0 Å². The van der Waals surface area contributed by atoms with Crippen LogP contribution in [0.25, 0.3) is 0 Å². The number of para-hydroxylation sites is 1. The Hall–Kier alpha value is -1.94. The topological polar surface area (TPSA) is 82.3 Å². The number of sulfone groups is 1. The van der Waals surface area contributed by atoms with Crippen molar-refractivity contribution in [2.75, 3.05) is 5.43 Å². The van der Waals surface area contributed by atoms with E-state index in [1.165, 1.54) is 45.0 Å². The smallest absolute Gasteiger partial charge is 0.252 e. The van der Waals surface area contributed by atoms with Gasteiger partial charge in [0.1, 0.15) is 11.9 Å². The van der Waals surface area contributed by atoms with Crippen molar-refractivity contribution < 1.29 is 12.8 Å². The Bertz CT molecular complexity index is 640. The summed E-state index contributed by atoms with van der Waals surface area (Å²) in [5.41, 5.74) is 2.25. The molecule has 0 fully saturated rings. The van der Waals surface area contributed by atoms with Crippen LogP contribution in [0.5, 0.6) is 0 Å². The highest BCUT2D eigenvalue weighted by atomic mass is 32.2. The molecule has 5 nitrogen and oxygen atoms in total. The minimum atomic E-state index is -3.87. The molecule has 102 valence electrons. The predicted molar refractivity (Wildman–Crippen MR) is 71.7 cm³/mol. The summed E-state index contributed by atoms with van der Waals surface area (Å²) in [6.45, 7) is 4.37. The fourth-order valence-corrected chi connectivity index (χ4v) is 1.96. The van der Waals surface area contributed by atoms with Gasteiger partial charge in [0.2, 0.25) is 9.84 Å². The van der Waals surface area contributed by atoms with Gasteiger partial charge in [-0.25, -0.2) is 12.8 Å². The normalized spacial score (nSPS) is 12.9. The molecular weight excluding hydrogens is 269 g/mol. The van der Waals surface area contributed by atoms with E-state index in [0.29, 0.717) is 0 Å². The lowest BCUT2D eigenvalue weighted by Gasteiger charge is -2.17. The van der Waals surface area contributed by atoms with Gasteiger partial charge in [-0.15, -0.1) is 0 Å². The van der Waals surface area contributed by atoms with Crippen molar-refractivity contribution >= 4 is 20.6 Å². The summed E-state index contributed by atoms with van der Waals surface area (Å²) in [6.07, 6.45) is 0. The Labute approximate surface area is 111 Å². The van der Waals surface area contributed by atoms with Crippen molar-refractivity contribution in [3.8, 4) is 6.07 Å². The van der Waals surface area contributed by atoms with E-state index in [1.54, 1.807) is 6.07 Å². The van der Waals surface area contributed by atoms with Crippen molar-refractivity contribution in [2.45, 2.75) is 25.5 Å². The number of hydrogen-bond donors (Lipinski definition) is 1. The number of nitriles is 1. The van der Waals surface area contributed by atoms with Gasteiger partial charge in [-0.3, -0.25) is 5.43 Å². The number of benzene rings is 1. The maximum absolute atomic E-state index is 13.3. The molecule has 7 heteroatoms. The zero-order valence-electron chi connectivity index (χ0n) is 10.8. The van der Waals surface area contributed by atoms with Crippen LogP contribution in [0.3, 0.4) is 0 Å².